The van der Waals surface area contributed by atoms with E-state index in [1.54, 1.807) is 6.07 Å². The Morgan fingerprint density at radius 1 is 0.871 bits per heavy atom. The Morgan fingerprint density at radius 3 is 2.13 bits per heavy atom. The standard InChI is InChI=1S/C22H14F3NO5/c1-28-14-5-12(6-15(9-14)29-2)22(27)30-13-3-4-16-19(10-13)31-26-21(16)11-7-17(23)20(25)18(24)8-11/h3-10H,1-2H3. The van der Waals surface area contributed by atoms with Crippen molar-refractivity contribution < 1.29 is 36.7 Å². The van der Waals surface area contributed by atoms with Crippen molar-refractivity contribution in [1.82, 2.24) is 5.16 Å². The van der Waals surface area contributed by atoms with Crippen LogP contribution in [0, 0.1) is 17.5 Å². The van der Waals surface area contributed by atoms with Gasteiger partial charge >= 0.3 is 5.97 Å². The lowest BCUT2D eigenvalue weighted by Gasteiger charge is -2.08. The van der Waals surface area contributed by atoms with Crippen molar-refractivity contribution in [1.29, 1.82) is 0 Å². The maximum atomic E-state index is 13.6. The number of halogens is 3. The highest BCUT2D eigenvalue weighted by molar-refractivity contribution is 5.94. The molecule has 1 heterocycles. The molecule has 4 aromatic rings. The van der Waals surface area contributed by atoms with E-state index in [2.05, 4.69) is 5.16 Å². The smallest absolute Gasteiger partial charge is 0.343 e. The molecular weight excluding hydrogens is 415 g/mol. The van der Waals surface area contributed by atoms with Crippen LogP contribution in [0.25, 0.3) is 22.2 Å². The first-order chi connectivity index (χ1) is 14.9. The average molecular weight is 429 g/mol. The number of hydrogen-bond donors (Lipinski definition) is 0. The maximum Gasteiger partial charge on any atom is 0.343 e. The van der Waals surface area contributed by atoms with Crippen LogP contribution in [0.2, 0.25) is 0 Å². The van der Waals surface area contributed by atoms with Crippen LogP contribution >= 0.6 is 0 Å². The Balaban J connectivity index is 1.63. The number of aromatic nitrogens is 1. The molecule has 0 amide bonds. The average Bonchev–Trinajstić information content (AvgIpc) is 3.19. The van der Waals surface area contributed by atoms with Crippen molar-refractivity contribution in [2.24, 2.45) is 0 Å². The highest BCUT2D eigenvalue weighted by Crippen LogP contribution is 2.32. The summed E-state index contributed by atoms with van der Waals surface area (Å²) in [5, 5.41) is 4.19. The lowest BCUT2D eigenvalue weighted by molar-refractivity contribution is 0.0734. The third kappa shape index (κ3) is 3.89. The topological polar surface area (TPSA) is 70.8 Å². The normalized spacial score (nSPS) is 10.9. The van der Waals surface area contributed by atoms with E-state index in [1.165, 1.54) is 44.6 Å². The number of esters is 1. The van der Waals surface area contributed by atoms with E-state index in [-0.39, 0.29) is 28.2 Å². The van der Waals surface area contributed by atoms with Crippen molar-refractivity contribution in [2.75, 3.05) is 14.2 Å². The van der Waals surface area contributed by atoms with Gasteiger partial charge in [0.2, 0.25) is 0 Å². The van der Waals surface area contributed by atoms with Crippen molar-refractivity contribution in [3.05, 3.63) is 71.5 Å². The highest BCUT2D eigenvalue weighted by Gasteiger charge is 2.18. The monoisotopic (exact) mass is 429 g/mol. The second-order valence-electron chi connectivity index (χ2n) is 6.43. The molecule has 0 unspecified atom stereocenters. The van der Waals surface area contributed by atoms with Crippen LogP contribution in [0.1, 0.15) is 10.4 Å². The summed E-state index contributed by atoms with van der Waals surface area (Å²) in [5.41, 5.74) is 0.520. The first-order valence-electron chi connectivity index (χ1n) is 8.89. The SMILES string of the molecule is COc1cc(OC)cc(C(=O)Oc2ccc3c(-c4cc(F)c(F)c(F)c4)noc3c2)c1. The van der Waals surface area contributed by atoms with Gasteiger partial charge in [0.15, 0.2) is 23.0 Å². The minimum Gasteiger partial charge on any atom is -0.497 e. The van der Waals surface area contributed by atoms with E-state index in [1.807, 2.05) is 0 Å². The van der Waals surface area contributed by atoms with Gasteiger partial charge in [0, 0.05) is 23.1 Å². The lowest BCUT2D eigenvalue weighted by Crippen LogP contribution is -2.09. The molecule has 158 valence electrons. The van der Waals surface area contributed by atoms with Crippen LogP contribution < -0.4 is 14.2 Å². The summed E-state index contributed by atoms with van der Waals surface area (Å²) in [4.78, 5) is 12.5. The van der Waals surface area contributed by atoms with Gasteiger partial charge in [0.1, 0.15) is 22.9 Å². The van der Waals surface area contributed by atoms with Crippen LogP contribution in [0.5, 0.6) is 17.2 Å². The molecule has 0 N–H and O–H groups in total. The van der Waals surface area contributed by atoms with Gasteiger partial charge in [0.05, 0.1) is 19.8 Å². The van der Waals surface area contributed by atoms with Gasteiger partial charge in [-0.1, -0.05) is 5.16 Å². The Morgan fingerprint density at radius 2 is 1.52 bits per heavy atom. The van der Waals surface area contributed by atoms with E-state index >= 15 is 0 Å². The molecule has 0 fully saturated rings. The first kappa shape index (κ1) is 20.3. The predicted octanol–water partition coefficient (Wildman–Crippen LogP) is 5.15. The molecule has 9 heteroatoms. The molecule has 0 radical (unpaired) electrons. The fourth-order valence-electron chi connectivity index (χ4n) is 2.97. The van der Waals surface area contributed by atoms with Crippen molar-refractivity contribution in [3.8, 4) is 28.5 Å². The minimum atomic E-state index is -1.57. The van der Waals surface area contributed by atoms with Crippen LogP contribution in [-0.4, -0.2) is 25.3 Å². The van der Waals surface area contributed by atoms with Gasteiger partial charge in [-0.15, -0.1) is 0 Å². The van der Waals surface area contributed by atoms with Crippen LogP contribution in [0.4, 0.5) is 13.2 Å². The zero-order chi connectivity index (χ0) is 22.1. The zero-order valence-corrected chi connectivity index (χ0v) is 16.2. The second-order valence-corrected chi connectivity index (χ2v) is 6.43. The third-order valence-corrected chi connectivity index (χ3v) is 4.50. The summed E-state index contributed by atoms with van der Waals surface area (Å²) < 4.78 is 61.2. The molecular formula is C22H14F3NO5. The van der Waals surface area contributed by atoms with E-state index < -0.39 is 23.4 Å². The quantitative estimate of drug-likeness (QED) is 0.248. The van der Waals surface area contributed by atoms with E-state index in [9.17, 15) is 18.0 Å². The van der Waals surface area contributed by atoms with Crippen molar-refractivity contribution >= 4 is 16.9 Å². The minimum absolute atomic E-state index is 0.00312. The van der Waals surface area contributed by atoms with Crippen LogP contribution in [0.3, 0.4) is 0 Å². The number of ether oxygens (including phenoxy) is 3. The molecule has 0 atom stereocenters. The summed E-state index contributed by atoms with van der Waals surface area (Å²) in [7, 11) is 2.91. The number of nitrogens with zero attached hydrogens (tertiary/aromatic N) is 1. The fraction of sp³-hybridized carbons (Fsp3) is 0.0909. The van der Waals surface area contributed by atoms with Gasteiger partial charge in [-0.2, -0.15) is 0 Å². The number of carbonyl (C=O) groups is 1. The van der Waals surface area contributed by atoms with Gasteiger partial charge in [-0.3, -0.25) is 0 Å². The molecule has 0 saturated carbocycles. The number of hydrogen-bond acceptors (Lipinski definition) is 6. The Bertz CT molecular complexity index is 1260. The number of fused-ring (bicyclic) bond motifs is 1. The van der Waals surface area contributed by atoms with Crippen LogP contribution in [0.15, 0.2) is 53.1 Å². The molecule has 0 aliphatic rings. The molecule has 3 aromatic carbocycles. The molecule has 4 rings (SSSR count). The summed E-state index contributed by atoms with van der Waals surface area (Å²) in [6.45, 7) is 0. The number of benzene rings is 3. The molecule has 0 saturated heterocycles. The Hall–Kier alpha value is -4.01. The van der Waals surface area contributed by atoms with Crippen molar-refractivity contribution in [3.63, 3.8) is 0 Å². The second kappa shape index (κ2) is 8.02. The number of carbonyl (C=O) groups excluding carboxylic acids is 1. The van der Waals surface area contributed by atoms with Gasteiger partial charge in [0.25, 0.3) is 0 Å². The summed E-state index contributed by atoms with van der Waals surface area (Å²) >= 11 is 0. The Kier molecular flexibility index (Phi) is 5.24. The molecule has 0 aliphatic carbocycles. The molecule has 1 aromatic heterocycles. The fourth-order valence-corrected chi connectivity index (χ4v) is 2.97. The van der Waals surface area contributed by atoms with Gasteiger partial charge in [-0.25, -0.2) is 18.0 Å². The number of rotatable bonds is 5. The highest BCUT2D eigenvalue weighted by atomic mass is 19.2. The van der Waals surface area contributed by atoms with Crippen LogP contribution in [-0.2, 0) is 0 Å². The molecule has 0 spiro atoms. The van der Waals surface area contributed by atoms with E-state index in [0.29, 0.717) is 16.9 Å². The summed E-state index contributed by atoms with van der Waals surface area (Å²) in [5.74, 6) is -3.94. The largest absolute Gasteiger partial charge is 0.497 e. The number of methoxy groups -OCH3 is 2. The zero-order valence-electron chi connectivity index (χ0n) is 16.2. The molecule has 31 heavy (non-hydrogen) atoms. The summed E-state index contributed by atoms with van der Waals surface area (Å²) in [6.07, 6.45) is 0. The first-order valence-corrected chi connectivity index (χ1v) is 8.89. The lowest BCUT2D eigenvalue weighted by atomic mass is 10.1. The Labute approximate surface area is 173 Å². The molecule has 0 aliphatic heterocycles. The summed E-state index contributed by atoms with van der Waals surface area (Å²) in [6, 6.07) is 10.6. The van der Waals surface area contributed by atoms with Crippen molar-refractivity contribution in [2.45, 2.75) is 0 Å². The van der Waals surface area contributed by atoms with E-state index in [0.717, 1.165) is 12.1 Å². The molecule has 0 bridgehead atoms. The molecule has 6 nitrogen and oxygen atoms in total. The maximum absolute atomic E-state index is 13.6. The third-order valence-electron chi connectivity index (χ3n) is 4.50. The van der Waals surface area contributed by atoms with E-state index in [4.69, 9.17) is 18.7 Å². The predicted molar refractivity (Wildman–Crippen MR) is 104 cm³/mol. The van der Waals surface area contributed by atoms with Gasteiger partial charge < -0.3 is 18.7 Å². The van der Waals surface area contributed by atoms with Gasteiger partial charge in [-0.05, 0) is 36.4 Å².